The van der Waals surface area contributed by atoms with Crippen LogP contribution in [-0.4, -0.2) is 16.8 Å². The molecular formula is C17H30O2. The maximum absolute atomic E-state index is 10.4. The van der Waals surface area contributed by atoms with Gasteiger partial charge in [0.25, 0.3) is 0 Å². The van der Waals surface area contributed by atoms with Gasteiger partial charge in [-0.25, -0.2) is 0 Å². The Hall–Kier alpha value is -1.02. The highest BCUT2D eigenvalue weighted by molar-refractivity contribution is 5.49. The molecule has 0 heterocycles. The van der Waals surface area contributed by atoms with Gasteiger partial charge < -0.3 is 10.2 Å². The summed E-state index contributed by atoms with van der Waals surface area (Å²) >= 11 is 0. The van der Waals surface area contributed by atoms with Crippen LogP contribution in [0.3, 0.4) is 0 Å². The lowest BCUT2D eigenvalue weighted by atomic mass is 9.78. The molecule has 0 unspecified atom stereocenters. The summed E-state index contributed by atoms with van der Waals surface area (Å²) in [7, 11) is 0. The fraction of sp³-hybridized carbons (Fsp3) is 0.647. The summed E-state index contributed by atoms with van der Waals surface area (Å²) in [5, 5.41) is 18.0. The molecule has 0 aromatic heterocycles. The second-order valence-electron chi connectivity index (χ2n) is 7.02. The second kappa shape index (κ2) is 6.42. The van der Waals surface area contributed by atoms with Crippen LogP contribution in [0.4, 0.5) is 0 Å². The fourth-order valence-corrected chi connectivity index (χ4v) is 1.92. The molecular weight excluding hydrogens is 236 g/mol. The normalized spacial score (nSPS) is 11.8. The Morgan fingerprint density at radius 3 is 1.37 bits per heavy atom. The van der Waals surface area contributed by atoms with Crippen LogP contribution in [0.2, 0.25) is 0 Å². The molecule has 1 aromatic rings. The van der Waals surface area contributed by atoms with E-state index in [1.165, 1.54) is 5.56 Å². The van der Waals surface area contributed by atoms with Gasteiger partial charge in [0.1, 0.15) is 5.75 Å². The van der Waals surface area contributed by atoms with Crippen LogP contribution in [-0.2, 0) is 10.8 Å². The van der Waals surface area contributed by atoms with Gasteiger partial charge in [-0.2, -0.15) is 0 Å². The van der Waals surface area contributed by atoms with E-state index < -0.39 is 0 Å². The van der Waals surface area contributed by atoms with E-state index in [1.807, 2.05) is 0 Å². The molecule has 19 heavy (non-hydrogen) atoms. The van der Waals surface area contributed by atoms with E-state index in [-0.39, 0.29) is 17.4 Å². The van der Waals surface area contributed by atoms with Crippen LogP contribution in [0.15, 0.2) is 12.1 Å². The van der Waals surface area contributed by atoms with E-state index in [0.717, 1.165) is 11.1 Å². The molecule has 0 saturated carbocycles. The Labute approximate surface area is 118 Å². The van der Waals surface area contributed by atoms with Crippen molar-refractivity contribution in [1.82, 2.24) is 0 Å². The molecule has 0 fully saturated rings. The maximum atomic E-state index is 10.4. The molecule has 2 nitrogen and oxygen atoms in total. The summed E-state index contributed by atoms with van der Waals surface area (Å²) in [6.45, 7) is 16.8. The van der Waals surface area contributed by atoms with Crippen molar-refractivity contribution < 1.29 is 10.2 Å². The number of hydrogen-bond donors (Lipinski definition) is 2. The Kier molecular flexibility index (Phi) is 6.08. The molecule has 0 saturated heterocycles. The maximum Gasteiger partial charge on any atom is 0.123 e. The molecule has 0 amide bonds. The summed E-state index contributed by atoms with van der Waals surface area (Å²) < 4.78 is 0. The summed E-state index contributed by atoms with van der Waals surface area (Å²) in [5.41, 5.74) is 3.26. The number of aliphatic hydroxyl groups excluding tert-OH is 1. The zero-order valence-corrected chi connectivity index (χ0v) is 13.8. The van der Waals surface area contributed by atoms with Crippen LogP contribution in [0.25, 0.3) is 0 Å². The first kappa shape index (κ1) is 18.0. The first-order chi connectivity index (χ1) is 8.45. The Bertz CT molecular complexity index is 371. The van der Waals surface area contributed by atoms with Crippen LogP contribution >= 0.6 is 0 Å². The van der Waals surface area contributed by atoms with Gasteiger partial charge in [-0.05, 0) is 35.8 Å². The predicted octanol–water partition coefficient (Wildman–Crippen LogP) is 4.29. The second-order valence-corrected chi connectivity index (χ2v) is 7.02. The number of hydrogen-bond acceptors (Lipinski definition) is 2. The highest BCUT2D eigenvalue weighted by Gasteiger charge is 2.25. The standard InChI is InChI=1S/C15H24O.C2H6O/c1-10-8-11(14(2,3)4)13(16)12(9-10)15(5,6)7;1-2-3/h8-9,16H,1-7H3;3H,2H2,1H3. The van der Waals surface area contributed by atoms with Crippen LogP contribution in [0.1, 0.15) is 65.2 Å². The van der Waals surface area contributed by atoms with Crippen molar-refractivity contribution >= 4 is 0 Å². The smallest absolute Gasteiger partial charge is 0.123 e. The highest BCUT2D eigenvalue weighted by atomic mass is 16.3. The van der Waals surface area contributed by atoms with Crippen molar-refractivity contribution in [3.8, 4) is 5.75 Å². The number of phenolic OH excluding ortho intramolecular Hbond substituents is 1. The van der Waals surface area contributed by atoms with Gasteiger partial charge in [0.2, 0.25) is 0 Å². The molecule has 2 heteroatoms. The molecule has 0 radical (unpaired) electrons. The number of aromatic hydroxyl groups is 1. The molecule has 0 atom stereocenters. The van der Waals surface area contributed by atoms with Gasteiger partial charge in [-0.3, -0.25) is 0 Å². The Morgan fingerprint density at radius 1 is 0.895 bits per heavy atom. The van der Waals surface area contributed by atoms with Crippen LogP contribution in [0, 0.1) is 6.92 Å². The number of phenols is 1. The number of benzene rings is 1. The predicted molar refractivity (Wildman–Crippen MR) is 83.0 cm³/mol. The van der Waals surface area contributed by atoms with E-state index in [0.29, 0.717) is 5.75 Å². The number of aliphatic hydroxyl groups is 1. The van der Waals surface area contributed by atoms with Crippen molar-refractivity contribution in [2.24, 2.45) is 0 Å². The van der Waals surface area contributed by atoms with Gasteiger partial charge >= 0.3 is 0 Å². The quantitative estimate of drug-likeness (QED) is 0.735. The van der Waals surface area contributed by atoms with Gasteiger partial charge in [-0.1, -0.05) is 59.2 Å². The minimum Gasteiger partial charge on any atom is -0.507 e. The summed E-state index contributed by atoms with van der Waals surface area (Å²) in [4.78, 5) is 0. The van der Waals surface area contributed by atoms with E-state index >= 15 is 0 Å². The van der Waals surface area contributed by atoms with Crippen LogP contribution in [0.5, 0.6) is 5.75 Å². The number of aryl methyl sites for hydroxylation is 1. The third kappa shape index (κ3) is 5.23. The molecule has 0 aliphatic rings. The van der Waals surface area contributed by atoms with E-state index in [4.69, 9.17) is 5.11 Å². The average molecular weight is 266 g/mol. The zero-order chi connectivity index (χ0) is 15.4. The van der Waals surface area contributed by atoms with Crippen molar-refractivity contribution in [2.75, 3.05) is 6.61 Å². The van der Waals surface area contributed by atoms with Gasteiger partial charge in [0.15, 0.2) is 0 Å². The Morgan fingerprint density at radius 2 is 1.16 bits per heavy atom. The molecule has 2 N–H and O–H groups in total. The zero-order valence-electron chi connectivity index (χ0n) is 13.8. The van der Waals surface area contributed by atoms with E-state index in [1.54, 1.807) is 6.92 Å². The summed E-state index contributed by atoms with van der Waals surface area (Å²) in [5.74, 6) is 0.464. The SMILES string of the molecule is CCO.Cc1cc(C(C)(C)C)c(O)c(C(C)(C)C)c1. The van der Waals surface area contributed by atoms with Gasteiger partial charge in [0.05, 0.1) is 0 Å². The lowest BCUT2D eigenvalue weighted by Crippen LogP contribution is -2.17. The van der Waals surface area contributed by atoms with E-state index in [9.17, 15) is 5.11 Å². The Balaban J connectivity index is 0.000000982. The summed E-state index contributed by atoms with van der Waals surface area (Å²) in [6, 6.07) is 4.18. The average Bonchev–Trinajstić information content (AvgIpc) is 2.19. The first-order valence-corrected chi connectivity index (χ1v) is 6.90. The monoisotopic (exact) mass is 266 g/mol. The van der Waals surface area contributed by atoms with E-state index in [2.05, 4.69) is 60.6 Å². The van der Waals surface area contributed by atoms with Gasteiger partial charge in [0, 0.05) is 6.61 Å². The lowest BCUT2D eigenvalue weighted by Gasteiger charge is -2.27. The molecule has 0 aliphatic carbocycles. The number of rotatable bonds is 0. The van der Waals surface area contributed by atoms with Crippen molar-refractivity contribution in [2.45, 2.75) is 66.2 Å². The first-order valence-electron chi connectivity index (χ1n) is 6.90. The topological polar surface area (TPSA) is 40.5 Å². The minimum atomic E-state index is -0.0178. The summed E-state index contributed by atoms with van der Waals surface area (Å²) in [6.07, 6.45) is 0. The van der Waals surface area contributed by atoms with Crippen LogP contribution < -0.4 is 0 Å². The molecule has 1 aromatic carbocycles. The molecule has 0 aliphatic heterocycles. The van der Waals surface area contributed by atoms with Crippen molar-refractivity contribution in [3.63, 3.8) is 0 Å². The third-order valence-corrected chi connectivity index (χ3v) is 2.87. The van der Waals surface area contributed by atoms with Crippen molar-refractivity contribution in [1.29, 1.82) is 0 Å². The highest BCUT2D eigenvalue weighted by Crippen LogP contribution is 2.39. The molecule has 1 rings (SSSR count). The minimum absolute atomic E-state index is 0.0178. The largest absolute Gasteiger partial charge is 0.507 e. The van der Waals surface area contributed by atoms with Gasteiger partial charge in [-0.15, -0.1) is 0 Å². The third-order valence-electron chi connectivity index (χ3n) is 2.87. The molecule has 0 bridgehead atoms. The van der Waals surface area contributed by atoms with Crippen molar-refractivity contribution in [3.05, 3.63) is 28.8 Å². The molecule has 0 spiro atoms. The lowest BCUT2D eigenvalue weighted by molar-refractivity contribution is 0.318. The molecule has 110 valence electrons. The fourth-order valence-electron chi connectivity index (χ4n) is 1.92.